The summed E-state index contributed by atoms with van der Waals surface area (Å²) in [5, 5.41) is 4.61. The largest absolute Gasteiger partial charge is 0.271 e. The molecule has 0 aromatic carbocycles. The van der Waals surface area contributed by atoms with Crippen molar-refractivity contribution in [2.45, 2.75) is 12.5 Å². The number of halogens is 1. The maximum absolute atomic E-state index is 5.79. The van der Waals surface area contributed by atoms with Crippen LogP contribution >= 0.6 is 11.6 Å². The van der Waals surface area contributed by atoms with Crippen LogP contribution in [0, 0.1) is 0 Å². The summed E-state index contributed by atoms with van der Waals surface area (Å²) in [6.45, 7) is 0. The molecule has 0 aliphatic rings. The predicted octanol–water partition coefficient (Wildman–Crippen LogP) is 0.611. The zero-order valence-electron chi connectivity index (χ0n) is 9.34. The molecule has 0 bridgehead atoms. The fourth-order valence-electron chi connectivity index (χ4n) is 1.53. The van der Waals surface area contributed by atoms with E-state index in [-0.39, 0.29) is 6.04 Å². The summed E-state index contributed by atoms with van der Waals surface area (Å²) < 4.78 is 1.71. The highest BCUT2D eigenvalue weighted by atomic mass is 35.5. The maximum Gasteiger partial charge on any atom is 0.138 e. The molecule has 0 aliphatic carbocycles. The van der Waals surface area contributed by atoms with Crippen LogP contribution in [0.3, 0.4) is 0 Å². The van der Waals surface area contributed by atoms with Crippen LogP contribution in [-0.2, 0) is 13.5 Å². The molecule has 0 aliphatic heterocycles. The highest BCUT2D eigenvalue weighted by Gasteiger charge is 2.14. The summed E-state index contributed by atoms with van der Waals surface area (Å²) in [5.41, 5.74) is 3.54. The number of nitrogens with two attached hydrogens (primary N) is 1. The first-order valence-corrected chi connectivity index (χ1v) is 5.49. The summed E-state index contributed by atoms with van der Waals surface area (Å²) in [6, 6.07) is 3.50. The molecule has 0 saturated heterocycles. The van der Waals surface area contributed by atoms with E-state index in [0.717, 1.165) is 11.5 Å². The highest BCUT2D eigenvalue weighted by molar-refractivity contribution is 6.30. The van der Waals surface area contributed by atoms with Crippen molar-refractivity contribution in [2.75, 3.05) is 0 Å². The molecule has 90 valence electrons. The number of pyridine rings is 1. The molecular formula is C10H13ClN6. The third-order valence-electron chi connectivity index (χ3n) is 2.50. The summed E-state index contributed by atoms with van der Waals surface area (Å²) >= 11 is 5.79. The zero-order valence-corrected chi connectivity index (χ0v) is 10.1. The maximum atomic E-state index is 5.79. The van der Waals surface area contributed by atoms with Crippen LogP contribution in [0.15, 0.2) is 24.7 Å². The molecule has 0 spiro atoms. The second-order valence-corrected chi connectivity index (χ2v) is 4.06. The van der Waals surface area contributed by atoms with Gasteiger partial charge in [-0.1, -0.05) is 11.6 Å². The Morgan fingerprint density at radius 1 is 1.47 bits per heavy atom. The van der Waals surface area contributed by atoms with Gasteiger partial charge in [0.15, 0.2) is 0 Å². The molecule has 0 saturated carbocycles. The lowest BCUT2D eigenvalue weighted by molar-refractivity contribution is 0.512. The Bertz CT molecular complexity index is 480. The molecule has 1 atom stereocenters. The first-order chi connectivity index (χ1) is 8.20. The lowest BCUT2D eigenvalue weighted by Gasteiger charge is -2.14. The second-order valence-electron chi connectivity index (χ2n) is 3.62. The van der Waals surface area contributed by atoms with Gasteiger partial charge in [0.1, 0.15) is 12.2 Å². The Morgan fingerprint density at radius 2 is 2.29 bits per heavy atom. The van der Waals surface area contributed by atoms with Crippen LogP contribution in [0.1, 0.15) is 17.6 Å². The van der Waals surface area contributed by atoms with Gasteiger partial charge in [0.2, 0.25) is 0 Å². The summed E-state index contributed by atoms with van der Waals surface area (Å²) in [4.78, 5) is 8.38. The van der Waals surface area contributed by atoms with E-state index >= 15 is 0 Å². The zero-order chi connectivity index (χ0) is 12.3. The average molecular weight is 253 g/mol. The second kappa shape index (κ2) is 5.22. The number of nitrogens with zero attached hydrogens (tertiary/aromatic N) is 4. The SMILES string of the molecule is Cn1ncnc1CC(NN)c1ccc(Cl)cn1. The summed E-state index contributed by atoms with van der Waals surface area (Å²) in [7, 11) is 1.84. The van der Waals surface area contributed by atoms with Crippen molar-refractivity contribution in [2.24, 2.45) is 12.9 Å². The number of hydrogen-bond donors (Lipinski definition) is 2. The van der Waals surface area contributed by atoms with Gasteiger partial charge in [0, 0.05) is 19.7 Å². The molecular weight excluding hydrogens is 240 g/mol. The quantitative estimate of drug-likeness (QED) is 0.616. The molecule has 6 nitrogen and oxygen atoms in total. The fraction of sp³-hybridized carbons (Fsp3) is 0.300. The van der Waals surface area contributed by atoms with Gasteiger partial charge in [0.25, 0.3) is 0 Å². The molecule has 7 heteroatoms. The molecule has 1 unspecified atom stereocenters. The van der Waals surface area contributed by atoms with Gasteiger partial charge in [-0.3, -0.25) is 20.9 Å². The Balaban J connectivity index is 2.17. The van der Waals surface area contributed by atoms with E-state index in [1.54, 1.807) is 16.9 Å². The molecule has 0 fully saturated rings. The van der Waals surface area contributed by atoms with E-state index in [4.69, 9.17) is 17.4 Å². The van der Waals surface area contributed by atoms with Gasteiger partial charge in [-0.15, -0.1) is 0 Å². The molecule has 0 radical (unpaired) electrons. The van der Waals surface area contributed by atoms with Crippen LogP contribution in [0.2, 0.25) is 5.02 Å². The van der Waals surface area contributed by atoms with Crippen LogP contribution < -0.4 is 11.3 Å². The van der Waals surface area contributed by atoms with Gasteiger partial charge in [-0.2, -0.15) is 5.10 Å². The van der Waals surface area contributed by atoms with E-state index in [9.17, 15) is 0 Å². The van der Waals surface area contributed by atoms with Crippen molar-refractivity contribution in [3.8, 4) is 0 Å². The summed E-state index contributed by atoms with van der Waals surface area (Å²) in [5.74, 6) is 6.37. The number of aryl methyl sites for hydroxylation is 1. The fourth-order valence-corrected chi connectivity index (χ4v) is 1.64. The number of aromatic nitrogens is 4. The first kappa shape index (κ1) is 12.0. The molecule has 2 rings (SSSR count). The Morgan fingerprint density at radius 3 is 2.82 bits per heavy atom. The Kier molecular flexibility index (Phi) is 3.68. The average Bonchev–Trinajstić information content (AvgIpc) is 2.73. The molecule has 0 amide bonds. The number of nitrogens with one attached hydrogen (secondary N) is 1. The number of rotatable bonds is 4. The molecule has 2 aromatic rings. The molecule has 3 N–H and O–H groups in total. The van der Waals surface area contributed by atoms with Crippen LogP contribution in [0.5, 0.6) is 0 Å². The van der Waals surface area contributed by atoms with Gasteiger partial charge in [-0.05, 0) is 12.1 Å². The van der Waals surface area contributed by atoms with E-state index in [1.165, 1.54) is 6.33 Å². The highest BCUT2D eigenvalue weighted by Crippen LogP contribution is 2.16. The Labute approximate surface area is 104 Å². The van der Waals surface area contributed by atoms with Gasteiger partial charge in [-0.25, -0.2) is 4.98 Å². The standard InChI is InChI=1S/C10H13ClN6/c1-17-10(14-6-15-17)4-9(16-12)8-3-2-7(11)5-13-8/h2-3,5-6,9,16H,4,12H2,1H3. The lowest BCUT2D eigenvalue weighted by Crippen LogP contribution is -2.31. The van der Waals surface area contributed by atoms with Gasteiger partial charge < -0.3 is 0 Å². The van der Waals surface area contributed by atoms with Crippen molar-refractivity contribution < 1.29 is 0 Å². The molecule has 17 heavy (non-hydrogen) atoms. The van der Waals surface area contributed by atoms with Crippen molar-refractivity contribution in [1.29, 1.82) is 0 Å². The smallest absolute Gasteiger partial charge is 0.138 e. The minimum Gasteiger partial charge on any atom is -0.271 e. The normalized spacial score (nSPS) is 12.6. The minimum absolute atomic E-state index is 0.116. The third-order valence-corrected chi connectivity index (χ3v) is 2.72. The first-order valence-electron chi connectivity index (χ1n) is 5.11. The van der Waals surface area contributed by atoms with Crippen LogP contribution in [0.25, 0.3) is 0 Å². The number of hydrogen-bond acceptors (Lipinski definition) is 5. The number of hydrazine groups is 1. The van der Waals surface area contributed by atoms with E-state index in [2.05, 4.69) is 20.5 Å². The van der Waals surface area contributed by atoms with E-state index in [1.807, 2.05) is 13.1 Å². The van der Waals surface area contributed by atoms with Crippen molar-refractivity contribution in [1.82, 2.24) is 25.2 Å². The van der Waals surface area contributed by atoms with E-state index < -0.39 is 0 Å². The van der Waals surface area contributed by atoms with E-state index in [0.29, 0.717) is 11.4 Å². The minimum atomic E-state index is -0.116. The molecule has 2 heterocycles. The van der Waals surface area contributed by atoms with Crippen LogP contribution in [0.4, 0.5) is 0 Å². The van der Waals surface area contributed by atoms with Crippen LogP contribution in [-0.4, -0.2) is 19.7 Å². The van der Waals surface area contributed by atoms with Gasteiger partial charge >= 0.3 is 0 Å². The molecule has 2 aromatic heterocycles. The monoisotopic (exact) mass is 252 g/mol. The van der Waals surface area contributed by atoms with Crippen molar-refractivity contribution in [3.63, 3.8) is 0 Å². The van der Waals surface area contributed by atoms with Gasteiger partial charge in [0.05, 0.1) is 16.8 Å². The lowest BCUT2D eigenvalue weighted by atomic mass is 10.1. The van der Waals surface area contributed by atoms with Crippen molar-refractivity contribution in [3.05, 3.63) is 41.2 Å². The predicted molar refractivity (Wildman–Crippen MR) is 64.0 cm³/mol. The van der Waals surface area contributed by atoms with Crippen molar-refractivity contribution >= 4 is 11.6 Å². The Hall–Kier alpha value is -1.50. The third kappa shape index (κ3) is 2.79. The topological polar surface area (TPSA) is 81.7 Å². The summed E-state index contributed by atoms with van der Waals surface area (Å²) in [6.07, 6.45) is 3.72.